The van der Waals surface area contributed by atoms with Crippen molar-refractivity contribution in [1.29, 1.82) is 0 Å². The van der Waals surface area contributed by atoms with Gasteiger partial charge in [0.2, 0.25) is 0 Å². The van der Waals surface area contributed by atoms with E-state index in [0.29, 0.717) is 33.3 Å². The number of rotatable bonds is 4. The number of benzene rings is 1. The number of thiazole rings is 1. The Kier molecular flexibility index (Phi) is 4.54. The number of hydrogen-bond acceptors (Lipinski definition) is 7. The maximum absolute atomic E-state index is 11.8. The molecule has 0 saturated carbocycles. The minimum Gasteiger partial charge on any atom is -0.507 e. The van der Waals surface area contributed by atoms with Gasteiger partial charge in [-0.1, -0.05) is 5.16 Å². The van der Waals surface area contributed by atoms with Crippen LogP contribution in [0.4, 0.5) is 0 Å². The average Bonchev–Trinajstić information content (AvgIpc) is 2.84. The maximum atomic E-state index is 11.8. The lowest BCUT2D eigenvalue weighted by Crippen LogP contribution is -2.03. The fraction of sp³-hybridized carbons (Fsp3) is 0.214. The Morgan fingerprint density at radius 2 is 2.29 bits per heavy atom. The second kappa shape index (κ2) is 6.36. The van der Waals surface area contributed by atoms with Crippen molar-refractivity contribution in [2.24, 2.45) is 5.16 Å². The number of aromatic hydroxyl groups is 1. The topological polar surface area (TPSA) is 92.0 Å². The molecule has 0 atom stereocenters. The van der Waals surface area contributed by atoms with Crippen molar-refractivity contribution in [3.63, 3.8) is 0 Å². The molecule has 1 aromatic carbocycles. The highest BCUT2D eigenvalue weighted by atomic mass is 32.1. The van der Waals surface area contributed by atoms with Crippen molar-refractivity contribution in [3.8, 4) is 16.3 Å². The van der Waals surface area contributed by atoms with Crippen LogP contribution in [0, 0.1) is 6.92 Å². The SMILES string of the molecule is CCOC(=O)c1sc(-c2ccc(O)c(/C=N/O)c2)nc1C. The predicted octanol–water partition coefficient (Wildman–Crippen LogP) is 2.81. The van der Waals surface area contributed by atoms with Gasteiger partial charge in [0.25, 0.3) is 0 Å². The molecule has 110 valence electrons. The lowest BCUT2D eigenvalue weighted by Gasteiger charge is -2.01. The number of esters is 1. The summed E-state index contributed by atoms with van der Waals surface area (Å²) in [6, 6.07) is 4.78. The van der Waals surface area contributed by atoms with Gasteiger partial charge in [0.05, 0.1) is 18.5 Å². The summed E-state index contributed by atoms with van der Waals surface area (Å²) in [5, 5.41) is 21.7. The van der Waals surface area contributed by atoms with E-state index >= 15 is 0 Å². The van der Waals surface area contributed by atoms with E-state index < -0.39 is 5.97 Å². The quantitative estimate of drug-likeness (QED) is 0.392. The third kappa shape index (κ3) is 3.19. The minimum absolute atomic E-state index is 0.00422. The molecule has 0 bridgehead atoms. The molecule has 1 aromatic heterocycles. The minimum atomic E-state index is -0.394. The summed E-state index contributed by atoms with van der Waals surface area (Å²) < 4.78 is 4.98. The van der Waals surface area contributed by atoms with Gasteiger partial charge in [-0.2, -0.15) is 0 Å². The van der Waals surface area contributed by atoms with Crippen molar-refractivity contribution in [1.82, 2.24) is 4.98 Å². The maximum Gasteiger partial charge on any atom is 0.350 e. The fourth-order valence-corrected chi connectivity index (χ4v) is 2.72. The summed E-state index contributed by atoms with van der Waals surface area (Å²) in [7, 11) is 0. The Bertz CT molecular complexity index is 694. The van der Waals surface area contributed by atoms with Crippen LogP contribution in [0.15, 0.2) is 23.4 Å². The zero-order valence-corrected chi connectivity index (χ0v) is 12.3. The van der Waals surface area contributed by atoms with E-state index in [0.717, 1.165) is 6.21 Å². The van der Waals surface area contributed by atoms with Crippen LogP contribution in [-0.4, -0.2) is 34.1 Å². The molecule has 2 N–H and O–H groups in total. The summed E-state index contributed by atoms with van der Waals surface area (Å²) in [6.45, 7) is 3.79. The van der Waals surface area contributed by atoms with Crippen LogP contribution in [0.2, 0.25) is 0 Å². The average molecular weight is 306 g/mol. The third-order valence-corrected chi connectivity index (χ3v) is 3.92. The molecule has 0 radical (unpaired) electrons. The third-order valence-electron chi connectivity index (χ3n) is 2.73. The van der Waals surface area contributed by atoms with E-state index in [1.165, 1.54) is 17.4 Å². The summed E-state index contributed by atoms with van der Waals surface area (Å²) in [5.74, 6) is -0.398. The zero-order chi connectivity index (χ0) is 15.4. The number of carbonyl (C=O) groups excluding carboxylic acids is 1. The fourth-order valence-electron chi connectivity index (χ4n) is 1.76. The largest absolute Gasteiger partial charge is 0.507 e. The van der Waals surface area contributed by atoms with Crippen LogP contribution in [-0.2, 0) is 4.74 Å². The molecule has 1 heterocycles. The van der Waals surface area contributed by atoms with Crippen molar-refractivity contribution in [3.05, 3.63) is 34.3 Å². The Balaban J connectivity index is 2.41. The first-order valence-electron chi connectivity index (χ1n) is 6.22. The van der Waals surface area contributed by atoms with Gasteiger partial charge in [-0.25, -0.2) is 9.78 Å². The van der Waals surface area contributed by atoms with Gasteiger partial charge in [0.15, 0.2) is 0 Å². The van der Waals surface area contributed by atoms with Crippen LogP contribution in [0.25, 0.3) is 10.6 Å². The number of carbonyl (C=O) groups is 1. The van der Waals surface area contributed by atoms with Crippen molar-refractivity contribution in [2.45, 2.75) is 13.8 Å². The monoisotopic (exact) mass is 306 g/mol. The highest BCUT2D eigenvalue weighted by molar-refractivity contribution is 7.17. The van der Waals surface area contributed by atoms with Gasteiger partial charge in [-0.15, -0.1) is 11.3 Å². The molecule has 7 heteroatoms. The number of phenolic OH excluding ortho intramolecular Hbond substituents is 1. The van der Waals surface area contributed by atoms with Crippen LogP contribution in [0.5, 0.6) is 5.75 Å². The molecule has 0 saturated heterocycles. The second-order valence-electron chi connectivity index (χ2n) is 4.17. The van der Waals surface area contributed by atoms with Crippen LogP contribution < -0.4 is 0 Å². The number of aromatic nitrogens is 1. The van der Waals surface area contributed by atoms with Crippen LogP contribution >= 0.6 is 11.3 Å². The summed E-state index contributed by atoms with van der Waals surface area (Å²) in [6.07, 6.45) is 1.13. The van der Waals surface area contributed by atoms with Gasteiger partial charge < -0.3 is 15.1 Å². The summed E-state index contributed by atoms with van der Waals surface area (Å²) in [4.78, 5) is 16.6. The van der Waals surface area contributed by atoms with Gasteiger partial charge in [-0.05, 0) is 32.0 Å². The normalized spacial score (nSPS) is 11.0. The van der Waals surface area contributed by atoms with E-state index in [1.807, 2.05) is 0 Å². The lowest BCUT2D eigenvalue weighted by atomic mass is 10.1. The number of oxime groups is 1. The predicted molar refractivity (Wildman–Crippen MR) is 79.3 cm³/mol. The van der Waals surface area contributed by atoms with Gasteiger partial charge in [0.1, 0.15) is 15.6 Å². The number of ether oxygens (including phenoxy) is 1. The van der Waals surface area contributed by atoms with Gasteiger partial charge >= 0.3 is 5.97 Å². The Labute approximate surface area is 125 Å². The Hall–Kier alpha value is -2.41. The lowest BCUT2D eigenvalue weighted by molar-refractivity contribution is 0.0531. The first-order valence-corrected chi connectivity index (χ1v) is 7.03. The molecule has 0 unspecified atom stereocenters. The molecule has 0 aliphatic heterocycles. The molecule has 6 nitrogen and oxygen atoms in total. The van der Waals surface area contributed by atoms with Gasteiger partial charge in [-0.3, -0.25) is 0 Å². The summed E-state index contributed by atoms with van der Waals surface area (Å²) >= 11 is 1.22. The molecule has 0 fully saturated rings. The number of phenols is 1. The van der Waals surface area contributed by atoms with Crippen molar-refractivity contribution in [2.75, 3.05) is 6.61 Å². The number of nitrogens with zero attached hydrogens (tertiary/aromatic N) is 2. The highest BCUT2D eigenvalue weighted by Gasteiger charge is 2.17. The van der Waals surface area contributed by atoms with E-state index in [9.17, 15) is 9.90 Å². The molecule has 0 spiro atoms. The number of aryl methyl sites for hydroxylation is 1. The summed E-state index contributed by atoms with van der Waals surface area (Å²) in [5.41, 5.74) is 1.67. The van der Waals surface area contributed by atoms with E-state index in [4.69, 9.17) is 9.94 Å². The Morgan fingerprint density at radius 1 is 1.52 bits per heavy atom. The standard InChI is InChI=1S/C14H14N2O4S/c1-3-20-14(18)12-8(2)16-13(21-12)9-4-5-11(17)10(6-9)7-15-19/h4-7,17,19H,3H2,1-2H3/b15-7+. The molecule has 2 aromatic rings. The van der Waals surface area contributed by atoms with E-state index in [1.54, 1.807) is 26.0 Å². The highest BCUT2D eigenvalue weighted by Crippen LogP contribution is 2.30. The molecular weight excluding hydrogens is 292 g/mol. The first-order chi connectivity index (χ1) is 10.1. The van der Waals surface area contributed by atoms with E-state index in [2.05, 4.69) is 10.1 Å². The second-order valence-corrected chi connectivity index (χ2v) is 5.17. The van der Waals surface area contributed by atoms with E-state index in [-0.39, 0.29) is 5.75 Å². The zero-order valence-electron chi connectivity index (χ0n) is 11.5. The molecule has 0 aliphatic rings. The molecule has 2 rings (SSSR count). The van der Waals surface area contributed by atoms with Gasteiger partial charge in [0, 0.05) is 11.1 Å². The van der Waals surface area contributed by atoms with Crippen molar-refractivity contribution >= 4 is 23.5 Å². The van der Waals surface area contributed by atoms with Crippen LogP contribution in [0.3, 0.4) is 0 Å². The molecular formula is C14H14N2O4S. The Morgan fingerprint density at radius 3 is 2.95 bits per heavy atom. The number of hydrogen-bond donors (Lipinski definition) is 2. The van der Waals surface area contributed by atoms with Crippen LogP contribution in [0.1, 0.15) is 27.9 Å². The molecule has 0 aliphatic carbocycles. The molecule has 21 heavy (non-hydrogen) atoms. The molecule has 0 amide bonds. The smallest absolute Gasteiger partial charge is 0.350 e. The first kappa shape index (κ1) is 15.0. The van der Waals surface area contributed by atoms with Crippen molar-refractivity contribution < 1.29 is 19.8 Å².